The molecule has 1 atom stereocenters. The zero-order valence-electron chi connectivity index (χ0n) is 6.37. The van der Waals surface area contributed by atoms with E-state index in [0.717, 1.165) is 12.8 Å². The van der Waals surface area contributed by atoms with Gasteiger partial charge in [-0.25, -0.2) is 0 Å². The van der Waals surface area contributed by atoms with Gasteiger partial charge in [-0.05, 0) is 30.4 Å². The van der Waals surface area contributed by atoms with Gasteiger partial charge >= 0.3 is 0 Å². The Morgan fingerprint density at radius 3 is 2.91 bits per heavy atom. The number of hydrogen-bond acceptors (Lipinski definition) is 3. The molecule has 1 aliphatic carbocycles. The van der Waals surface area contributed by atoms with E-state index in [1.165, 1.54) is 7.11 Å². The fourth-order valence-corrected chi connectivity index (χ4v) is 0.803. The Balaban J connectivity index is 2.36. The fourth-order valence-electron chi connectivity index (χ4n) is 0.803. The van der Waals surface area contributed by atoms with Crippen molar-refractivity contribution in [2.75, 3.05) is 7.11 Å². The highest BCUT2D eigenvalue weighted by Gasteiger charge is 2.02. The quantitative estimate of drug-likeness (QED) is 0.591. The summed E-state index contributed by atoms with van der Waals surface area (Å²) in [4.78, 5) is 9.07. The second kappa shape index (κ2) is 4.12. The summed E-state index contributed by atoms with van der Waals surface area (Å²) in [6.45, 7) is 0. The van der Waals surface area contributed by atoms with Crippen LogP contribution in [0.2, 0.25) is 0 Å². The summed E-state index contributed by atoms with van der Waals surface area (Å²) in [7, 11) is 1.29. The van der Waals surface area contributed by atoms with E-state index in [0.29, 0.717) is 5.76 Å². The van der Waals surface area contributed by atoms with E-state index in [1.807, 2.05) is 12.2 Å². The van der Waals surface area contributed by atoms with Gasteiger partial charge in [0.2, 0.25) is 0 Å². The van der Waals surface area contributed by atoms with Crippen molar-refractivity contribution in [1.29, 1.82) is 0 Å². The van der Waals surface area contributed by atoms with Crippen molar-refractivity contribution in [3.63, 3.8) is 0 Å². The van der Waals surface area contributed by atoms with Crippen LogP contribution in [0.5, 0.6) is 0 Å². The van der Waals surface area contributed by atoms with Crippen LogP contribution in [-0.4, -0.2) is 7.11 Å². The fraction of sp³-hybridized carbons (Fsp3) is 0.429. The molecule has 62 valence electrons. The maximum atomic E-state index is 10.6. The molecule has 0 bridgehead atoms. The summed E-state index contributed by atoms with van der Waals surface area (Å²) < 4.78 is 0. The molecule has 0 aromatic heterocycles. The Kier molecular flexibility index (Phi) is 3.10. The summed E-state index contributed by atoms with van der Waals surface area (Å²) in [5, 5.41) is 9.90. The van der Waals surface area contributed by atoms with E-state index in [2.05, 4.69) is 4.84 Å². The molecule has 0 fully saturated rings. The molecule has 0 aliphatic heterocycles. The standard InChI is InChI=1S/C7H11NO3/c1-10-8(9)11-7-5-3-2-4-6-7/h3,5-6,8H,2,4H2,1H3. The van der Waals surface area contributed by atoms with E-state index >= 15 is 0 Å². The summed E-state index contributed by atoms with van der Waals surface area (Å²) in [6.07, 6.45) is 7.51. The molecule has 0 aromatic rings. The molecule has 1 aliphatic rings. The maximum absolute atomic E-state index is 10.6. The van der Waals surface area contributed by atoms with Crippen LogP contribution in [0, 0.1) is 5.21 Å². The van der Waals surface area contributed by atoms with E-state index in [1.54, 1.807) is 6.08 Å². The van der Waals surface area contributed by atoms with Crippen LogP contribution in [0.25, 0.3) is 0 Å². The number of allylic oxidation sites excluding steroid dienone is 3. The van der Waals surface area contributed by atoms with Crippen LogP contribution in [0.15, 0.2) is 24.0 Å². The lowest BCUT2D eigenvalue weighted by Gasteiger charge is -2.16. The Morgan fingerprint density at radius 2 is 2.36 bits per heavy atom. The molecule has 1 N–H and O–H groups in total. The average molecular weight is 157 g/mol. The molecule has 1 unspecified atom stereocenters. The summed E-state index contributed by atoms with van der Waals surface area (Å²) >= 11 is 0. The third-order valence-electron chi connectivity index (χ3n) is 1.33. The van der Waals surface area contributed by atoms with Crippen molar-refractivity contribution in [2.45, 2.75) is 12.8 Å². The molecule has 0 radical (unpaired) electrons. The molecule has 4 heteroatoms. The van der Waals surface area contributed by atoms with Crippen molar-refractivity contribution in [3.05, 3.63) is 29.2 Å². The minimum Gasteiger partial charge on any atom is -0.556 e. The predicted octanol–water partition coefficient (Wildman–Crippen LogP) is 0.0960. The van der Waals surface area contributed by atoms with Crippen molar-refractivity contribution in [2.24, 2.45) is 0 Å². The highest BCUT2D eigenvalue weighted by molar-refractivity contribution is 5.15. The Morgan fingerprint density at radius 1 is 1.55 bits per heavy atom. The lowest BCUT2D eigenvalue weighted by molar-refractivity contribution is -1.20. The van der Waals surface area contributed by atoms with Crippen molar-refractivity contribution in [1.82, 2.24) is 0 Å². The molecule has 0 heterocycles. The van der Waals surface area contributed by atoms with Gasteiger partial charge in [0.15, 0.2) is 5.76 Å². The number of nitrogens with one attached hydrogen (secondary N) is 1. The molecule has 0 amide bonds. The maximum Gasteiger partial charge on any atom is 0.190 e. The smallest absolute Gasteiger partial charge is 0.190 e. The average Bonchev–Trinajstić information content (AvgIpc) is 2.06. The molecule has 4 nitrogen and oxygen atoms in total. The summed E-state index contributed by atoms with van der Waals surface area (Å²) in [6, 6.07) is 0. The van der Waals surface area contributed by atoms with Crippen molar-refractivity contribution < 1.29 is 15.1 Å². The first-order valence-electron chi connectivity index (χ1n) is 3.45. The first-order valence-corrected chi connectivity index (χ1v) is 3.45. The Hall–Kier alpha value is -0.840. The molecule has 11 heavy (non-hydrogen) atoms. The van der Waals surface area contributed by atoms with Gasteiger partial charge in [0.05, 0.1) is 0 Å². The highest BCUT2D eigenvalue weighted by Crippen LogP contribution is 2.07. The van der Waals surface area contributed by atoms with Crippen LogP contribution in [0.4, 0.5) is 0 Å². The molecule has 0 saturated carbocycles. The Labute approximate surface area is 65.2 Å². The predicted molar refractivity (Wildman–Crippen MR) is 38.9 cm³/mol. The van der Waals surface area contributed by atoms with Crippen LogP contribution >= 0.6 is 0 Å². The number of hydrogen-bond donors (Lipinski definition) is 1. The zero-order chi connectivity index (χ0) is 8.10. The van der Waals surface area contributed by atoms with E-state index < -0.39 is 5.39 Å². The van der Waals surface area contributed by atoms with Gasteiger partial charge < -0.3 is 5.21 Å². The molecular formula is C7H11NO3. The lowest BCUT2D eigenvalue weighted by Crippen LogP contribution is -3.04. The van der Waals surface area contributed by atoms with E-state index in [4.69, 9.17) is 4.84 Å². The van der Waals surface area contributed by atoms with Gasteiger partial charge in [0, 0.05) is 0 Å². The number of quaternary nitrogens is 1. The Bertz CT molecular complexity index is 177. The molecular weight excluding hydrogens is 146 g/mol. The molecule has 0 spiro atoms. The zero-order valence-corrected chi connectivity index (χ0v) is 6.37. The van der Waals surface area contributed by atoms with E-state index in [-0.39, 0.29) is 0 Å². The second-order valence-corrected chi connectivity index (χ2v) is 2.14. The first kappa shape index (κ1) is 8.26. The topological polar surface area (TPSA) is 46.0 Å². The van der Waals surface area contributed by atoms with E-state index in [9.17, 15) is 5.21 Å². The van der Waals surface area contributed by atoms with Gasteiger partial charge in [-0.3, -0.25) is 4.84 Å². The number of rotatable bonds is 3. The SMILES string of the molecule is CO[NH+]([O-])OC1=CCCC=C1. The lowest BCUT2D eigenvalue weighted by atomic mass is 10.2. The first-order chi connectivity index (χ1) is 5.33. The van der Waals surface area contributed by atoms with Crippen LogP contribution in [0.1, 0.15) is 12.8 Å². The second-order valence-electron chi connectivity index (χ2n) is 2.14. The van der Waals surface area contributed by atoms with Gasteiger partial charge in [-0.15, -0.1) is 0 Å². The third-order valence-corrected chi connectivity index (χ3v) is 1.33. The van der Waals surface area contributed by atoms with Crippen LogP contribution in [-0.2, 0) is 9.68 Å². The third kappa shape index (κ3) is 2.71. The van der Waals surface area contributed by atoms with Crippen molar-refractivity contribution in [3.8, 4) is 0 Å². The minimum atomic E-state index is -0.664. The highest BCUT2D eigenvalue weighted by atomic mass is 17.1. The van der Waals surface area contributed by atoms with Gasteiger partial charge in [0.1, 0.15) is 7.11 Å². The van der Waals surface area contributed by atoms with Gasteiger partial charge in [0.25, 0.3) is 0 Å². The largest absolute Gasteiger partial charge is 0.556 e. The summed E-state index contributed by atoms with van der Waals surface area (Å²) in [5.74, 6) is 0.572. The monoisotopic (exact) mass is 157 g/mol. The molecule has 1 rings (SSSR count). The normalized spacial score (nSPS) is 19.3. The van der Waals surface area contributed by atoms with Gasteiger partial charge in [-0.1, -0.05) is 6.08 Å². The molecule has 0 aromatic carbocycles. The van der Waals surface area contributed by atoms with Gasteiger partial charge in [-0.2, -0.15) is 4.84 Å². The van der Waals surface area contributed by atoms with Crippen LogP contribution in [0.3, 0.4) is 0 Å². The van der Waals surface area contributed by atoms with Crippen molar-refractivity contribution >= 4 is 0 Å². The molecule has 0 saturated heterocycles. The summed E-state index contributed by atoms with van der Waals surface area (Å²) in [5.41, 5.74) is 0. The minimum absolute atomic E-state index is 0.572. The van der Waals surface area contributed by atoms with Crippen LogP contribution < -0.4 is 5.39 Å².